The number of amides is 1. The molecular formula is C85H161NO5. The molecule has 0 aromatic carbocycles. The Morgan fingerprint density at radius 2 is 0.549 bits per heavy atom. The van der Waals surface area contributed by atoms with Gasteiger partial charge in [-0.15, -0.1) is 0 Å². The molecule has 2 atom stereocenters. The van der Waals surface area contributed by atoms with E-state index >= 15 is 0 Å². The molecule has 2 unspecified atom stereocenters. The van der Waals surface area contributed by atoms with Gasteiger partial charge in [-0.3, -0.25) is 9.59 Å². The Balaban J connectivity index is 3.38. The number of hydrogen-bond acceptors (Lipinski definition) is 5. The first kappa shape index (κ1) is 88.8. The van der Waals surface area contributed by atoms with Crippen LogP contribution in [-0.4, -0.2) is 47.4 Å². The summed E-state index contributed by atoms with van der Waals surface area (Å²) in [5.74, 6) is -0.0468. The van der Waals surface area contributed by atoms with Gasteiger partial charge in [-0.1, -0.05) is 403 Å². The molecule has 3 N–H and O–H groups in total. The Morgan fingerprint density at radius 3 is 0.868 bits per heavy atom. The standard InChI is InChI=1S/C85H161NO5/c1-3-5-7-9-11-13-15-17-19-21-23-24-25-35-38-42-45-49-53-57-61-65-69-73-77-83(88)82(81-87)86-84(89)78-74-70-66-62-58-54-50-46-43-39-36-33-31-29-27-26-28-30-32-34-37-40-44-48-52-56-60-64-68-72-76-80-91-85(90)79-75-71-67-63-59-55-51-47-41-22-20-18-16-14-12-10-8-6-4-2/h12,14,18,20,28,30,73,77,82-83,87-88H,3-11,13,15-17,19,21-27,29,31-72,74-76,78-81H2,1-2H3,(H,86,89)/b14-12-,20-18-,30-28-,77-73+. The van der Waals surface area contributed by atoms with Crippen molar-refractivity contribution >= 4 is 11.9 Å². The molecule has 0 aromatic rings. The Hall–Kier alpha value is -2.18. The largest absolute Gasteiger partial charge is 0.466 e. The van der Waals surface area contributed by atoms with E-state index in [4.69, 9.17) is 4.74 Å². The number of hydrogen-bond donors (Lipinski definition) is 3. The minimum atomic E-state index is -0.845. The number of allylic oxidation sites excluding steroid dienone is 7. The number of esters is 1. The van der Waals surface area contributed by atoms with Crippen molar-refractivity contribution in [3.05, 3.63) is 48.6 Å². The summed E-state index contributed by atoms with van der Waals surface area (Å²) < 4.78 is 5.51. The minimum Gasteiger partial charge on any atom is -0.466 e. The van der Waals surface area contributed by atoms with Gasteiger partial charge in [0.15, 0.2) is 0 Å². The number of nitrogens with one attached hydrogen (secondary N) is 1. The Morgan fingerprint density at radius 1 is 0.308 bits per heavy atom. The summed E-state index contributed by atoms with van der Waals surface area (Å²) in [4.78, 5) is 24.7. The Kier molecular flexibility index (Phi) is 78.3. The minimum absolute atomic E-state index is 0.0143. The smallest absolute Gasteiger partial charge is 0.305 e. The van der Waals surface area contributed by atoms with Crippen molar-refractivity contribution in [1.29, 1.82) is 0 Å². The van der Waals surface area contributed by atoms with Crippen LogP contribution < -0.4 is 5.32 Å². The molecule has 0 aliphatic carbocycles. The van der Waals surface area contributed by atoms with Gasteiger partial charge in [-0.05, 0) is 89.9 Å². The third kappa shape index (κ3) is 76.7. The van der Waals surface area contributed by atoms with Crippen LogP contribution in [0, 0.1) is 0 Å². The zero-order valence-corrected chi connectivity index (χ0v) is 61.6. The molecular weight excluding hydrogens is 1110 g/mol. The van der Waals surface area contributed by atoms with E-state index in [-0.39, 0.29) is 18.5 Å². The fourth-order valence-corrected chi connectivity index (χ4v) is 13.0. The number of aliphatic hydroxyl groups excluding tert-OH is 2. The molecule has 0 spiro atoms. The van der Waals surface area contributed by atoms with Crippen LogP contribution in [0.3, 0.4) is 0 Å². The highest BCUT2D eigenvalue weighted by atomic mass is 16.5. The summed E-state index contributed by atoms with van der Waals surface area (Å²) >= 11 is 0. The highest BCUT2D eigenvalue weighted by Gasteiger charge is 2.18. The molecule has 1 amide bonds. The maximum Gasteiger partial charge on any atom is 0.305 e. The van der Waals surface area contributed by atoms with Crippen LogP contribution in [0.4, 0.5) is 0 Å². The molecule has 6 heteroatoms. The van der Waals surface area contributed by atoms with Gasteiger partial charge in [0.2, 0.25) is 5.91 Å². The Labute approximate surface area is 569 Å². The van der Waals surface area contributed by atoms with Crippen LogP contribution in [-0.2, 0) is 14.3 Å². The van der Waals surface area contributed by atoms with E-state index < -0.39 is 12.1 Å². The van der Waals surface area contributed by atoms with Gasteiger partial charge in [0, 0.05) is 12.8 Å². The highest BCUT2D eigenvalue weighted by molar-refractivity contribution is 5.76. The molecule has 0 aromatic heterocycles. The molecule has 0 saturated heterocycles. The van der Waals surface area contributed by atoms with E-state index in [0.717, 1.165) is 51.4 Å². The van der Waals surface area contributed by atoms with Crippen molar-refractivity contribution < 1.29 is 24.5 Å². The lowest BCUT2D eigenvalue weighted by atomic mass is 10.0. The third-order valence-corrected chi connectivity index (χ3v) is 19.3. The third-order valence-electron chi connectivity index (χ3n) is 19.3. The summed E-state index contributed by atoms with van der Waals surface area (Å²) in [6.45, 7) is 4.93. The monoisotopic (exact) mass is 1280 g/mol. The van der Waals surface area contributed by atoms with E-state index in [1.165, 1.54) is 379 Å². The molecule has 0 fully saturated rings. The first-order valence-electron chi connectivity index (χ1n) is 41.4. The van der Waals surface area contributed by atoms with Crippen LogP contribution in [0.25, 0.3) is 0 Å². The lowest BCUT2D eigenvalue weighted by Gasteiger charge is -2.20. The molecule has 0 rings (SSSR count). The van der Waals surface area contributed by atoms with Crippen LogP contribution >= 0.6 is 0 Å². The van der Waals surface area contributed by atoms with Crippen molar-refractivity contribution in [1.82, 2.24) is 5.32 Å². The van der Waals surface area contributed by atoms with Crippen LogP contribution in [0.1, 0.15) is 457 Å². The van der Waals surface area contributed by atoms with Gasteiger partial charge in [0.05, 0.1) is 25.4 Å². The van der Waals surface area contributed by atoms with Gasteiger partial charge in [-0.2, -0.15) is 0 Å². The van der Waals surface area contributed by atoms with Crippen molar-refractivity contribution in [3.63, 3.8) is 0 Å². The molecule has 0 saturated carbocycles. The fourth-order valence-electron chi connectivity index (χ4n) is 13.0. The number of carbonyl (C=O) groups is 2. The number of carbonyl (C=O) groups excluding carboxylic acids is 2. The average molecular weight is 1280 g/mol. The first-order chi connectivity index (χ1) is 45.0. The maximum atomic E-state index is 12.6. The van der Waals surface area contributed by atoms with Crippen molar-refractivity contribution in [3.8, 4) is 0 Å². The van der Waals surface area contributed by atoms with Crippen molar-refractivity contribution in [2.75, 3.05) is 13.2 Å². The topological polar surface area (TPSA) is 95.9 Å². The van der Waals surface area contributed by atoms with E-state index in [1.807, 2.05) is 6.08 Å². The second kappa shape index (κ2) is 80.3. The van der Waals surface area contributed by atoms with Gasteiger partial charge >= 0.3 is 5.97 Å². The second-order valence-electron chi connectivity index (χ2n) is 28.4. The van der Waals surface area contributed by atoms with Gasteiger partial charge in [-0.25, -0.2) is 0 Å². The first-order valence-corrected chi connectivity index (χ1v) is 41.4. The zero-order valence-electron chi connectivity index (χ0n) is 61.6. The summed E-state index contributed by atoms with van der Waals surface area (Å²) in [6, 6.07) is -0.629. The summed E-state index contributed by atoms with van der Waals surface area (Å²) in [7, 11) is 0. The van der Waals surface area contributed by atoms with E-state index in [1.54, 1.807) is 6.08 Å². The number of unbranched alkanes of at least 4 members (excludes halogenated alkanes) is 61. The molecule has 0 heterocycles. The quantitative estimate of drug-likeness (QED) is 0.0320. The van der Waals surface area contributed by atoms with Crippen LogP contribution in [0.5, 0.6) is 0 Å². The molecule has 0 aliphatic rings. The molecule has 0 radical (unpaired) electrons. The summed E-state index contributed by atoms with van der Waals surface area (Å²) in [6.07, 6.45) is 107. The lowest BCUT2D eigenvalue weighted by Crippen LogP contribution is -2.45. The second-order valence-corrected chi connectivity index (χ2v) is 28.4. The predicted molar refractivity (Wildman–Crippen MR) is 402 cm³/mol. The lowest BCUT2D eigenvalue weighted by molar-refractivity contribution is -0.143. The maximum absolute atomic E-state index is 12.6. The fraction of sp³-hybridized carbons (Fsp3) is 0.882. The molecule has 0 aliphatic heterocycles. The molecule has 6 nitrogen and oxygen atoms in total. The molecule has 536 valence electrons. The SMILES string of the molecule is CCCCC/C=C\C/C=C\CCCCCCCCCCCC(=O)OCCCCCCCCCCCCCC/C=C\CCCCCCCCCCCCCCCCCC(=O)NC(CO)C(O)/C=C/CCCCCCCCCCCCCCCCCCCCCCCC. The van der Waals surface area contributed by atoms with Crippen molar-refractivity contribution in [2.45, 2.75) is 469 Å². The van der Waals surface area contributed by atoms with Gasteiger partial charge in [0.25, 0.3) is 0 Å². The molecule has 91 heavy (non-hydrogen) atoms. The highest BCUT2D eigenvalue weighted by Crippen LogP contribution is 2.20. The summed E-state index contributed by atoms with van der Waals surface area (Å²) in [5.41, 5.74) is 0. The summed E-state index contributed by atoms with van der Waals surface area (Å²) in [5, 5.41) is 23.3. The number of ether oxygens (including phenoxy) is 1. The van der Waals surface area contributed by atoms with Crippen molar-refractivity contribution in [2.24, 2.45) is 0 Å². The van der Waals surface area contributed by atoms with Gasteiger partial charge in [0.1, 0.15) is 0 Å². The predicted octanol–water partition coefficient (Wildman–Crippen LogP) is 27.5. The van der Waals surface area contributed by atoms with Crippen LogP contribution in [0.2, 0.25) is 0 Å². The number of aliphatic hydroxyl groups is 2. The Bertz CT molecular complexity index is 1520. The van der Waals surface area contributed by atoms with E-state index in [0.29, 0.717) is 19.4 Å². The molecule has 0 bridgehead atoms. The van der Waals surface area contributed by atoms with E-state index in [2.05, 4.69) is 55.6 Å². The van der Waals surface area contributed by atoms with Gasteiger partial charge < -0.3 is 20.3 Å². The average Bonchev–Trinajstić information content (AvgIpc) is 3.65. The zero-order chi connectivity index (χ0) is 65.6. The van der Waals surface area contributed by atoms with E-state index in [9.17, 15) is 19.8 Å². The number of rotatable bonds is 78. The normalized spacial score (nSPS) is 12.7. The van der Waals surface area contributed by atoms with Crippen LogP contribution in [0.15, 0.2) is 48.6 Å².